The molecule has 1 rings (SSSR count). The molecule has 1 aromatic carbocycles. The molecule has 65 valence electrons. The van der Waals surface area contributed by atoms with Crippen molar-refractivity contribution in [1.29, 1.82) is 0 Å². The smallest absolute Gasteiger partial charge is 0.165 e. The van der Waals surface area contributed by atoms with Crippen LogP contribution < -0.4 is 5.32 Å². The molecule has 0 saturated heterocycles. The van der Waals surface area contributed by atoms with Gasteiger partial charge in [0, 0.05) is 11.9 Å². The quantitative estimate of drug-likeness (QED) is 0.759. The van der Waals surface area contributed by atoms with Crippen LogP contribution in [0.15, 0.2) is 24.3 Å². The molecule has 0 heterocycles. The fourth-order valence-electron chi connectivity index (χ4n) is 0.718. The molecule has 0 aliphatic rings. The number of hydrogen-bond donors (Lipinski definition) is 1. The number of nitrogens with one attached hydrogen (secondary N) is 1. The van der Waals surface area contributed by atoms with E-state index in [1.807, 2.05) is 0 Å². The fraction of sp³-hybridized carbons (Fsp3) is 0.250. The first kappa shape index (κ1) is 9.06. The third-order valence-electron chi connectivity index (χ3n) is 1.25. The topological polar surface area (TPSA) is 46.2 Å². The van der Waals surface area contributed by atoms with Gasteiger partial charge in [0.25, 0.3) is 0 Å². The van der Waals surface area contributed by atoms with Crippen LogP contribution in [0, 0.1) is 6.07 Å². The zero-order valence-electron chi connectivity index (χ0n) is 6.74. The highest BCUT2D eigenvalue weighted by Crippen LogP contribution is 2.03. The second kappa shape index (κ2) is 3.58. The summed E-state index contributed by atoms with van der Waals surface area (Å²) in [6.07, 6.45) is 1.19. The first-order valence-electron chi connectivity index (χ1n) is 3.46. The molecule has 0 spiro atoms. The first-order chi connectivity index (χ1) is 5.58. The minimum Gasteiger partial charge on any atom is -0.372 e. The van der Waals surface area contributed by atoms with Gasteiger partial charge in [0.05, 0.1) is 0 Å². The molecule has 0 unspecified atom stereocenters. The molecule has 4 heteroatoms. The first-order valence-corrected chi connectivity index (χ1v) is 5.52. The number of hydrogen-bond acceptors (Lipinski definition) is 3. The van der Waals surface area contributed by atoms with Gasteiger partial charge in [0.1, 0.15) is 5.88 Å². The summed E-state index contributed by atoms with van der Waals surface area (Å²) < 4.78 is 21.5. The van der Waals surface area contributed by atoms with Crippen molar-refractivity contribution in [2.75, 3.05) is 17.4 Å². The van der Waals surface area contributed by atoms with Crippen molar-refractivity contribution in [3.8, 4) is 0 Å². The van der Waals surface area contributed by atoms with Gasteiger partial charge >= 0.3 is 0 Å². The van der Waals surface area contributed by atoms with E-state index in [0.717, 1.165) is 5.69 Å². The van der Waals surface area contributed by atoms with E-state index < -0.39 is 9.84 Å². The summed E-state index contributed by atoms with van der Waals surface area (Å²) in [7, 11) is -2.95. The highest BCUT2D eigenvalue weighted by Gasteiger charge is 1.99. The maximum atomic E-state index is 10.7. The Hall–Kier alpha value is -1.03. The molecule has 0 aliphatic carbocycles. The van der Waals surface area contributed by atoms with Gasteiger partial charge in [-0.1, -0.05) is 12.1 Å². The monoisotopic (exact) mass is 184 g/mol. The van der Waals surface area contributed by atoms with Crippen LogP contribution in [0.25, 0.3) is 0 Å². The molecular formula is C8H10NO2S. The van der Waals surface area contributed by atoms with Crippen LogP contribution >= 0.6 is 0 Å². The third-order valence-corrected chi connectivity index (χ3v) is 1.91. The Labute approximate surface area is 72.3 Å². The van der Waals surface area contributed by atoms with Gasteiger partial charge in [-0.3, -0.25) is 0 Å². The van der Waals surface area contributed by atoms with Crippen molar-refractivity contribution < 1.29 is 8.42 Å². The summed E-state index contributed by atoms with van der Waals surface area (Å²) in [5.41, 5.74) is 0.767. The Kier molecular flexibility index (Phi) is 2.70. The van der Waals surface area contributed by atoms with E-state index in [9.17, 15) is 8.42 Å². The maximum Gasteiger partial charge on any atom is 0.165 e. The van der Waals surface area contributed by atoms with Crippen molar-refractivity contribution in [1.82, 2.24) is 0 Å². The van der Waals surface area contributed by atoms with E-state index in [-0.39, 0.29) is 5.88 Å². The molecule has 12 heavy (non-hydrogen) atoms. The lowest BCUT2D eigenvalue weighted by Crippen LogP contribution is -2.12. The lowest BCUT2D eigenvalue weighted by atomic mass is 10.3. The van der Waals surface area contributed by atoms with Gasteiger partial charge in [0.2, 0.25) is 0 Å². The van der Waals surface area contributed by atoms with Gasteiger partial charge in [-0.25, -0.2) is 8.42 Å². The number of benzene rings is 1. The lowest BCUT2D eigenvalue weighted by molar-refractivity contribution is 0.603. The van der Waals surface area contributed by atoms with Crippen molar-refractivity contribution >= 4 is 15.5 Å². The highest BCUT2D eigenvalue weighted by molar-refractivity contribution is 7.90. The summed E-state index contributed by atoms with van der Waals surface area (Å²) >= 11 is 0. The third kappa shape index (κ3) is 3.39. The van der Waals surface area contributed by atoms with Gasteiger partial charge in [0.15, 0.2) is 9.84 Å². The molecule has 0 aliphatic heterocycles. The average molecular weight is 184 g/mol. The van der Waals surface area contributed by atoms with Crippen LogP contribution in [-0.2, 0) is 9.84 Å². The highest BCUT2D eigenvalue weighted by atomic mass is 32.2. The normalized spacial score (nSPS) is 11.1. The van der Waals surface area contributed by atoms with E-state index in [2.05, 4.69) is 11.4 Å². The van der Waals surface area contributed by atoms with Gasteiger partial charge in [-0.15, -0.1) is 0 Å². The molecule has 0 bridgehead atoms. The summed E-state index contributed by atoms with van der Waals surface area (Å²) in [6.45, 7) is 0. The van der Waals surface area contributed by atoms with Gasteiger partial charge in [-0.05, 0) is 18.2 Å². The van der Waals surface area contributed by atoms with E-state index in [4.69, 9.17) is 0 Å². The molecule has 0 aromatic heterocycles. The Morgan fingerprint density at radius 3 is 2.83 bits per heavy atom. The van der Waals surface area contributed by atoms with E-state index in [1.165, 1.54) is 6.26 Å². The average Bonchev–Trinajstić information content (AvgIpc) is 2.02. The van der Waals surface area contributed by atoms with Crippen molar-refractivity contribution in [3.05, 3.63) is 30.3 Å². The fourth-order valence-corrected chi connectivity index (χ4v) is 1.15. The summed E-state index contributed by atoms with van der Waals surface area (Å²) in [5, 5.41) is 2.77. The number of rotatable bonds is 3. The zero-order chi connectivity index (χ0) is 9.03. The predicted molar refractivity (Wildman–Crippen MR) is 48.6 cm³/mol. The van der Waals surface area contributed by atoms with E-state index in [1.54, 1.807) is 24.3 Å². The van der Waals surface area contributed by atoms with Gasteiger partial charge < -0.3 is 5.32 Å². The standard InChI is InChI=1S/C8H10NO2S/c1-12(10,11)7-9-8-5-3-2-4-6-8/h2-3,5-6,9H,7H2,1H3. The number of anilines is 1. The number of sulfone groups is 1. The van der Waals surface area contributed by atoms with Crippen molar-refractivity contribution in [2.45, 2.75) is 0 Å². The molecule has 0 saturated carbocycles. The molecule has 1 aromatic rings. The van der Waals surface area contributed by atoms with Crippen LogP contribution in [0.1, 0.15) is 0 Å². The summed E-state index contributed by atoms with van der Waals surface area (Å²) in [4.78, 5) is 0. The molecule has 1 radical (unpaired) electrons. The van der Waals surface area contributed by atoms with Crippen LogP contribution in [0.5, 0.6) is 0 Å². The molecule has 0 amide bonds. The van der Waals surface area contributed by atoms with E-state index >= 15 is 0 Å². The molecule has 0 atom stereocenters. The maximum absolute atomic E-state index is 10.7. The zero-order valence-corrected chi connectivity index (χ0v) is 7.56. The molecule has 1 N–H and O–H groups in total. The minimum atomic E-state index is -2.95. The molecule has 0 fully saturated rings. The summed E-state index contributed by atoms with van der Waals surface area (Å²) in [5.74, 6) is -0.0369. The summed E-state index contributed by atoms with van der Waals surface area (Å²) in [6, 6.07) is 9.88. The van der Waals surface area contributed by atoms with E-state index in [0.29, 0.717) is 0 Å². The van der Waals surface area contributed by atoms with Crippen molar-refractivity contribution in [2.24, 2.45) is 0 Å². The van der Waals surface area contributed by atoms with Crippen LogP contribution in [0.3, 0.4) is 0 Å². The molecular weight excluding hydrogens is 174 g/mol. The Balaban J connectivity index is 2.56. The Bertz CT molecular complexity index is 331. The second-order valence-electron chi connectivity index (χ2n) is 2.54. The Morgan fingerprint density at radius 1 is 1.58 bits per heavy atom. The molecule has 3 nitrogen and oxygen atoms in total. The predicted octanol–water partition coefficient (Wildman–Crippen LogP) is 0.901. The van der Waals surface area contributed by atoms with Crippen LogP contribution in [0.2, 0.25) is 0 Å². The second-order valence-corrected chi connectivity index (χ2v) is 4.68. The minimum absolute atomic E-state index is 0.0369. The Morgan fingerprint density at radius 2 is 2.33 bits per heavy atom. The lowest BCUT2D eigenvalue weighted by Gasteiger charge is -2.02. The van der Waals surface area contributed by atoms with Crippen LogP contribution in [-0.4, -0.2) is 20.6 Å². The van der Waals surface area contributed by atoms with Crippen molar-refractivity contribution in [3.63, 3.8) is 0 Å². The largest absolute Gasteiger partial charge is 0.372 e. The van der Waals surface area contributed by atoms with Crippen LogP contribution in [0.4, 0.5) is 5.69 Å². The van der Waals surface area contributed by atoms with Gasteiger partial charge in [-0.2, -0.15) is 0 Å². The SMILES string of the molecule is CS(=O)(=O)CNc1c[c]ccc1.